The van der Waals surface area contributed by atoms with E-state index in [0.29, 0.717) is 6.42 Å². The third-order valence-electron chi connectivity index (χ3n) is 2.69. The van der Waals surface area contributed by atoms with Gasteiger partial charge in [-0.2, -0.15) is 5.26 Å². The van der Waals surface area contributed by atoms with Gasteiger partial charge in [0.05, 0.1) is 23.9 Å². The smallest absolute Gasteiger partial charge is 0.140 e. The average molecular weight is 211 g/mol. The normalized spacial score (nSPS) is 10.1. The van der Waals surface area contributed by atoms with Crippen LogP contribution in [0.25, 0.3) is 11.4 Å². The first kappa shape index (κ1) is 10.4. The van der Waals surface area contributed by atoms with Crippen LogP contribution in [-0.2, 0) is 13.5 Å². The third kappa shape index (κ3) is 1.70. The first-order valence-corrected chi connectivity index (χ1v) is 5.18. The zero-order valence-electron chi connectivity index (χ0n) is 9.44. The third-order valence-corrected chi connectivity index (χ3v) is 2.69. The van der Waals surface area contributed by atoms with Crippen LogP contribution in [0.1, 0.15) is 11.4 Å². The van der Waals surface area contributed by atoms with Crippen LogP contribution in [0.2, 0.25) is 0 Å². The van der Waals surface area contributed by atoms with Gasteiger partial charge in [0.25, 0.3) is 0 Å². The highest BCUT2D eigenvalue weighted by Gasteiger charge is 2.11. The van der Waals surface area contributed by atoms with Gasteiger partial charge in [-0.15, -0.1) is 0 Å². The molecule has 0 aliphatic heterocycles. The predicted molar refractivity (Wildman–Crippen MR) is 62.7 cm³/mol. The van der Waals surface area contributed by atoms with E-state index in [1.165, 1.54) is 0 Å². The molecule has 1 heterocycles. The summed E-state index contributed by atoms with van der Waals surface area (Å²) in [5, 5.41) is 8.76. The summed E-state index contributed by atoms with van der Waals surface area (Å²) in [5.74, 6) is 0.920. The Kier molecular flexibility index (Phi) is 2.74. The molecule has 2 rings (SSSR count). The molecule has 0 amide bonds. The van der Waals surface area contributed by atoms with Crippen LogP contribution >= 0.6 is 0 Å². The summed E-state index contributed by atoms with van der Waals surface area (Å²) >= 11 is 0. The Balaban J connectivity index is 2.53. The summed E-state index contributed by atoms with van der Waals surface area (Å²) in [6, 6.07) is 12.2. The molecule has 16 heavy (non-hydrogen) atoms. The highest BCUT2D eigenvalue weighted by molar-refractivity contribution is 5.56. The highest BCUT2D eigenvalue weighted by atomic mass is 15.1. The van der Waals surface area contributed by atoms with E-state index in [1.807, 2.05) is 48.9 Å². The summed E-state index contributed by atoms with van der Waals surface area (Å²) < 4.78 is 1.99. The van der Waals surface area contributed by atoms with Gasteiger partial charge in [-0.25, -0.2) is 4.98 Å². The zero-order chi connectivity index (χ0) is 11.5. The molecule has 1 aromatic heterocycles. The summed E-state index contributed by atoms with van der Waals surface area (Å²) in [4.78, 5) is 4.51. The van der Waals surface area contributed by atoms with E-state index in [1.54, 1.807) is 0 Å². The van der Waals surface area contributed by atoms with Crippen LogP contribution in [0.3, 0.4) is 0 Å². The zero-order valence-corrected chi connectivity index (χ0v) is 9.44. The number of hydrogen-bond acceptors (Lipinski definition) is 2. The quantitative estimate of drug-likeness (QED) is 0.765. The largest absolute Gasteiger partial charge is 0.330 e. The maximum absolute atomic E-state index is 8.76. The van der Waals surface area contributed by atoms with E-state index in [9.17, 15) is 0 Å². The van der Waals surface area contributed by atoms with Crippen LogP contribution in [0.15, 0.2) is 30.3 Å². The Labute approximate surface area is 95.0 Å². The topological polar surface area (TPSA) is 41.6 Å². The van der Waals surface area contributed by atoms with Crippen LogP contribution in [-0.4, -0.2) is 9.55 Å². The lowest BCUT2D eigenvalue weighted by molar-refractivity contribution is 0.860. The van der Waals surface area contributed by atoms with Crippen molar-refractivity contribution in [1.82, 2.24) is 9.55 Å². The average Bonchev–Trinajstić information content (AvgIpc) is 2.59. The minimum atomic E-state index is 0.405. The fourth-order valence-electron chi connectivity index (χ4n) is 1.84. The van der Waals surface area contributed by atoms with Crippen molar-refractivity contribution in [1.29, 1.82) is 5.26 Å². The van der Waals surface area contributed by atoms with Gasteiger partial charge >= 0.3 is 0 Å². The minimum absolute atomic E-state index is 0.405. The molecule has 0 fully saturated rings. The summed E-state index contributed by atoms with van der Waals surface area (Å²) in [5.41, 5.74) is 3.00. The second-order valence-electron chi connectivity index (χ2n) is 3.73. The van der Waals surface area contributed by atoms with E-state index in [0.717, 1.165) is 22.8 Å². The number of benzene rings is 1. The number of nitriles is 1. The summed E-state index contributed by atoms with van der Waals surface area (Å²) in [7, 11) is 1.95. The molecule has 2 aromatic rings. The second kappa shape index (κ2) is 4.19. The van der Waals surface area contributed by atoms with Crippen LogP contribution < -0.4 is 0 Å². The molecule has 0 N–H and O–H groups in total. The van der Waals surface area contributed by atoms with Crippen molar-refractivity contribution >= 4 is 0 Å². The maximum atomic E-state index is 8.76. The standard InChI is InChI=1S/C13H13N3/c1-10-12(8-9-14)16(2)13(15-10)11-6-4-3-5-7-11/h3-7H,8H2,1-2H3. The molecular weight excluding hydrogens is 198 g/mol. The molecule has 0 radical (unpaired) electrons. The van der Waals surface area contributed by atoms with Gasteiger partial charge in [-0.3, -0.25) is 0 Å². The van der Waals surface area contributed by atoms with Crippen molar-refractivity contribution in [3.05, 3.63) is 41.7 Å². The molecule has 3 heteroatoms. The van der Waals surface area contributed by atoms with Gasteiger partial charge < -0.3 is 4.57 Å². The maximum Gasteiger partial charge on any atom is 0.140 e. The Hall–Kier alpha value is -2.08. The molecule has 80 valence electrons. The fourth-order valence-corrected chi connectivity index (χ4v) is 1.84. The van der Waals surface area contributed by atoms with Crippen molar-refractivity contribution in [2.45, 2.75) is 13.3 Å². The fraction of sp³-hybridized carbons (Fsp3) is 0.231. The van der Waals surface area contributed by atoms with Gasteiger partial charge in [-0.05, 0) is 6.92 Å². The monoisotopic (exact) mass is 211 g/mol. The van der Waals surface area contributed by atoms with E-state index in [4.69, 9.17) is 5.26 Å². The van der Waals surface area contributed by atoms with Gasteiger partial charge in [0.15, 0.2) is 0 Å². The molecule has 0 saturated heterocycles. The van der Waals surface area contributed by atoms with Crippen LogP contribution in [0.4, 0.5) is 0 Å². The first-order chi connectivity index (χ1) is 7.74. The predicted octanol–water partition coefficient (Wildman–Crippen LogP) is 2.46. The highest BCUT2D eigenvalue weighted by Crippen LogP contribution is 2.20. The lowest BCUT2D eigenvalue weighted by Gasteiger charge is -2.03. The Morgan fingerprint density at radius 1 is 1.31 bits per heavy atom. The van der Waals surface area contributed by atoms with Gasteiger partial charge in [0.1, 0.15) is 5.82 Å². The molecule has 1 aromatic carbocycles. The first-order valence-electron chi connectivity index (χ1n) is 5.18. The summed E-state index contributed by atoms with van der Waals surface area (Å²) in [6.45, 7) is 1.94. The number of rotatable bonds is 2. The summed E-state index contributed by atoms with van der Waals surface area (Å²) in [6.07, 6.45) is 0.405. The SMILES string of the molecule is Cc1nc(-c2ccccc2)n(C)c1CC#N. The van der Waals surface area contributed by atoms with Crippen molar-refractivity contribution in [3.63, 3.8) is 0 Å². The van der Waals surface area contributed by atoms with Gasteiger partial charge in [-0.1, -0.05) is 30.3 Å². The number of hydrogen-bond donors (Lipinski definition) is 0. The molecule has 0 bridgehead atoms. The van der Waals surface area contributed by atoms with Crippen LogP contribution in [0, 0.1) is 18.3 Å². The van der Waals surface area contributed by atoms with E-state index >= 15 is 0 Å². The van der Waals surface area contributed by atoms with Crippen molar-refractivity contribution in [3.8, 4) is 17.5 Å². The minimum Gasteiger partial charge on any atom is -0.330 e. The molecular formula is C13H13N3. The second-order valence-corrected chi connectivity index (χ2v) is 3.73. The molecule has 0 atom stereocenters. The van der Waals surface area contributed by atoms with Gasteiger partial charge in [0.2, 0.25) is 0 Å². The number of aromatic nitrogens is 2. The Bertz CT molecular complexity index is 532. The molecule has 0 spiro atoms. The van der Waals surface area contributed by atoms with Gasteiger partial charge in [0, 0.05) is 12.6 Å². The molecule has 0 aliphatic carbocycles. The van der Waals surface area contributed by atoms with E-state index < -0.39 is 0 Å². The van der Waals surface area contributed by atoms with Crippen molar-refractivity contribution in [2.24, 2.45) is 7.05 Å². The lowest BCUT2D eigenvalue weighted by Crippen LogP contribution is -1.98. The van der Waals surface area contributed by atoms with Crippen molar-refractivity contribution in [2.75, 3.05) is 0 Å². The van der Waals surface area contributed by atoms with Crippen LogP contribution in [0.5, 0.6) is 0 Å². The lowest BCUT2D eigenvalue weighted by atomic mass is 10.2. The van der Waals surface area contributed by atoms with E-state index in [-0.39, 0.29) is 0 Å². The number of nitrogens with zero attached hydrogens (tertiary/aromatic N) is 3. The molecule has 3 nitrogen and oxygen atoms in total. The Morgan fingerprint density at radius 2 is 2.00 bits per heavy atom. The number of imidazole rings is 1. The molecule has 0 aliphatic rings. The Morgan fingerprint density at radius 3 is 2.62 bits per heavy atom. The van der Waals surface area contributed by atoms with E-state index in [2.05, 4.69) is 11.1 Å². The molecule has 0 unspecified atom stereocenters. The molecule has 0 saturated carbocycles. The van der Waals surface area contributed by atoms with Crippen molar-refractivity contribution < 1.29 is 0 Å². The number of aryl methyl sites for hydroxylation is 1.